The molecule has 5 heteroatoms. The lowest BCUT2D eigenvalue weighted by Gasteiger charge is -2.15. The predicted molar refractivity (Wildman–Crippen MR) is 83.5 cm³/mol. The Hall–Kier alpha value is -0.190. The van der Waals surface area contributed by atoms with E-state index in [0.29, 0.717) is 11.8 Å². The molecule has 1 fully saturated rings. The van der Waals surface area contributed by atoms with Gasteiger partial charge in [-0.25, -0.2) is 0 Å². The Bertz CT molecular complexity index is 451. The fourth-order valence-corrected chi connectivity index (χ4v) is 5.46. The number of carbonyl (C=O) groups is 1. The van der Waals surface area contributed by atoms with Crippen LogP contribution in [0.3, 0.4) is 0 Å². The summed E-state index contributed by atoms with van der Waals surface area (Å²) in [6.45, 7) is 1.79. The van der Waals surface area contributed by atoms with Gasteiger partial charge in [-0.05, 0) is 42.6 Å². The number of likely N-dealkylation sites (tertiary alicyclic amines) is 1. The maximum Gasteiger partial charge on any atom is 0.263 e. The van der Waals surface area contributed by atoms with Crippen LogP contribution in [0, 0.1) is 5.92 Å². The van der Waals surface area contributed by atoms with Crippen LogP contribution in [0.4, 0.5) is 0 Å². The van der Waals surface area contributed by atoms with Crippen molar-refractivity contribution in [2.45, 2.75) is 25.0 Å². The van der Waals surface area contributed by atoms with E-state index < -0.39 is 0 Å². The zero-order valence-corrected chi connectivity index (χ0v) is 13.3. The molecular weight excluding hydrogens is 298 g/mol. The van der Waals surface area contributed by atoms with Gasteiger partial charge in [-0.3, -0.25) is 4.79 Å². The molecule has 0 radical (unpaired) electrons. The molecule has 0 aliphatic carbocycles. The number of aryl methyl sites for hydroxylation is 1. The van der Waals surface area contributed by atoms with Crippen LogP contribution in [0.25, 0.3) is 0 Å². The third-order valence-electron chi connectivity index (χ3n) is 3.93. The number of amides is 1. The van der Waals surface area contributed by atoms with Crippen LogP contribution < -0.4 is 0 Å². The first-order valence-electron chi connectivity index (χ1n) is 6.82. The summed E-state index contributed by atoms with van der Waals surface area (Å²) in [5.74, 6) is 3.82. The van der Waals surface area contributed by atoms with Crippen LogP contribution in [0.2, 0.25) is 0 Å². The van der Waals surface area contributed by atoms with Gasteiger partial charge in [-0.2, -0.15) is 11.8 Å². The number of nitrogens with zero attached hydrogens (tertiary/aromatic N) is 1. The van der Waals surface area contributed by atoms with Crippen molar-refractivity contribution in [1.82, 2.24) is 4.90 Å². The molecule has 0 saturated carbocycles. The highest BCUT2D eigenvalue weighted by molar-refractivity contribution is 7.98. The molecule has 0 spiro atoms. The number of thioether (sulfide) groups is 1. The van der Waals surface area contributed by atoms with E-state index >= 15 is 0 Å². The van der Waals surface area contributed by atoms with Crippen LogP contribution in [0.15, 0.2) is 6.07 Å². The Morgan fingerprint density at radius 2 is 2.42 bits per heavy atom. The second-order valence-corrected chi connectivity index (χ2v) is 7.87. The fraction of sp³-hybridized carbons (Fsp3) is 0.643. The first-order valence-corrected chi connectivity index (χ1v) is 9.33. The molecule has 104 valence electrons. The summed E-state index contributed by atoms with van der Waals surface area (Å²) in [5.41, 5.74) is 1.39. The monoisotopic (exact) mass is 315 g/mol. The number of thiophene rings is 1. The Morgan fingerprint density at radius 1 is 1.53 bits per heavy atom. The number of fused-ring (bicyclic) bond motifs is 1. The van der Waals surface area contributed by atoms with E-state index in [9.17, 15) is 4.79 Å². The molecule has 3 heterocycles. The Balaban J connectivity index is 1.69. The van der Waals surface area contributed by atoms with Gasteiger partial charge in [0.15, 0.2) is 0 Å². The van der Waals surface area contributed by atoms with Crippen LogP contribution in [0.5, 0.6) is 0 Å². The van der Waals surface area contributed by atoms with E-state index in [1.807, 2.05) is 16.7 Å². The van der Waals surface area contributed by atoms with Crippen molar-refractivity contribution >= 4 is 40.6 Å². The van der Waals surface area contributed by atoms with Crippen LogP contribution in [-0.2, 0) is 12.2 Å². The lowest BCUT2D eigenvalue weighted by atomic mass is 10.1. The van der Waals surface area contributed by atoms with Gasteiger partial charge in [0.25, 0.3) is 5.91 Å². The van der Waals surface area contributed by atoms with E-state index in [2.05, 4.69) is 6.07 Å². The zero-order chi connectivity index (χ0) is 13.2. The molecule has 1 amide bonds. The third kappa shape index (κ3) is 2.96. The lowest BCUT2D eigenvalue weighted by molar-refractivity contribution is 0.0791. The molecule has 1 atom stereocenters. The minimum absolute atomic E-state index is 0.237. The van der Waals surface area contributed by atoms with Crippen molar-refractivity contribution in [3.63, 3.8) is 0 Å². The summed E-state index contributed by atoms with van der Waals surface area (Å²) < 4.78 is 0. The number of rotatable bonds is 3. The summed E-state index contributed by atoms with van der Waals surface area (Å²) in [6.07, 6.45) is 3.27. The topological polar surface area (TPSA) is 20.3 Å². The SMILES string of the molecule is O=C(c1cc2c(s1)CCSC2)N1CCC(CCCl)C1. The number of carbonyl (C=O) groups excluding carboxylic acids is 1. The average Bonchev–Trinajstić information content (AvgIpc) is 3.04. The van der Waals surface area contributed by atoms with Crippen LogP contribution in [0.1, 0.15) is 33.0 Å². The second-order valence-electron chi connectivity index (χ2n) is 5.25. The molecule has 0 aromatic carbocycles. The smallest absolute Gasteiger partial charge is 0.263 e. The van der Waals surface area contributed by atoms with Crippen molar-refractivity contribution in [1.29, 1.82) is 0 Å². The summed E-state index contributed by atoms with van der Waals surface area (Å²) in [5, 5.41) is 0. The average molecular weight is 316 g/mol. The van der Waals surface area contributed by atoms with Crippen molar-refractivity contribution < 1.29 is 4.79 Å². The molecule has 1 aromatic heterocycles. The third-order valence-corrected chi connectivity index (χ3v) is 6.38. The zero-order valence-electron chi connectivity index (χ0n) is 10.9. The Kier molecular flexibility index (Phi) is 4.40. The van der Waals surface area contributed by atoms with E-state index in [1.165, 1.54) is 16.2 Å². The van der Waals surface area contributed by atoms with Crippen molar-refractivity contribution in [2.24, 2.45) is 5.92 Å². The predicted octanol–water partition coefficient (Wildman–Crippen LogP) is 3.63. The van der Waals surface area contributed by atoms with Gasteiger partial charge in [0.2, 0.25) is 0 Å². The summed E-state index contributed by atoms with van der Waals surface area (Å²) in [6, 6.07) is 2.13. The van der Waals surface area contributed by atoms with Gasteiger partial charge in [-0.1, -0.05) is 0 Å². The van der Waals surface area contributed by atoms with E-state index in [1.54, 1.807) is 11.3 Å². The van der Waals surface area contributed by atoms with Gasteiger partial charge in [0.05, 0.1) is 4.88 Å². The quantitative estimate of drug-likeness (QED) is 0.794. The van der Waals surface area contributed by atoms with E-state index in [4.69, 9.17) is 11.6 Å². The standard InChI is InChI=1S/C14H18ClNOS2/c15-4-1-10-2-5-16(8-10)14(17)13-7-11-9-18-6-3-12(11)19-13/h7,10H,1-6,8-9H2. The first-order chi connectivity index (χ1) is 9.28. The molecule has 2 nitrogen and oxygen atoms in total. The molecule has 1 unspecified atom stereocenters. The molecule has 19 heavy (non-hydrogen) atoms. The van der Waals surface area contributed by atoms with Gasteiger partial charge >= 0.3 is 0 Å². The normalized spacial score (nSPS) is 22.6. The maximum atomic E-state index is 12.5. The van der Waals surface area contributed by atoms with Crippen molar-refractivity contribution in [3.8, 4) is 0 Å². The summed E-state index contributed by atoms with van der Waals surface area (Å²) in [4.78, 5) is 16.9. The molecule has 1 saturated heterocycles. The van der Waals surface area contributed by atoms with Crippen LogP contribution >= 0.6 is 34.7 Å². The number of alkyl halides is 1. The van der Waals surface area contributed by atoms with E-state index in [0.717, 1.165) is 43.0 Å². The second kappa shape index (κ2) is 6.06. The Morgan fingerprint density at radius 3 is 3.21 bits per heavy atom. The molecule has 1 aromatic rings. The number of hydrogen-bond donors (Lipinski definition) is 0. The highest BCUT2D eigenvalue weighted by Crippen LogP contribution is 2.33. The molecule has 0 bridgehead atoms. The molecule has 0 N–H and O–H groups in total. The highest BCUT2D eigenvalue weighted by Gasteiger charge is 2.28. The van der Waals surface area contributed by atoms with Gasteiger partial charge < -0.3 is 4.90 Å². The molecular formula is C14H18ClNOS2. The van der Waals surface area contributed by atoms with Crippen molar-refractivity contribution in [3.05, 3.63) is 21.4 Å². The fourth-order valence-electron chi connectivity index (χ4n) is 2.82. The van der Waals surface area contributed by atoms with Crippen molar-refractivity contribution in [2.75, 3.05) is 24.7 Å². The van der Waals surface area contributed by atoms with Gasteiger partial charge in [0, 0.05) is 29.6 Å². The largest absolute Gasteiger partial charge is 0.338 e. The molecule has 3 rings (SSSR count). The van der Waals surface area contributed by atoms with E-state index in [-0.39, 0.29) is 5.91 Å². The Labute approximate surface area is 127 Å². The van der Waals surface area contributed by atoms with Gasteiger partial charge in [-0.15, -0.1) is 22.9 Å². The minimum Gasteiger partial charge on any atom is -0.338 e. The number of hydrogen-bond acceptors (Lipinski definition) is 3. The molecule has 2 aliphatic heterocycles. The lowest BCUT2D eigenvalue weighted by Crippen LogP contribution is -2.28. The number of halogens is 1. The van der Waals surface area contributed by atoms with Gasteiger partial charge in [0.1, 0.15) is 0 Å². The summed E-state index contributed by atoms with van der Waals surface area (Å²) >= 11 is 9.47. The molecule has 2 aliphatic rings. The minimum atomic E-state index is 0.237. The maximum absolute atomic E-state index is 12.5. The highest BCUT2D eigenvalue weighted by atomic mass is 35.5. The first kappa shape index (κ1) is 13.8. The van der Waals surface area contributed by atoms with Crippen LogP contribution in [-0.4, -0.2) is 35.5 Å². The summed E-state index contributed by atoms with van der Waals surface area (Å²) in [7, 11) is 0.